The largest absolute Gasteiger partial charge is 0.290 e. The van der Waals surface area contributed by atoms with Gasteiger partial charge in [-0.15, -0.1) is 11.6 Å². The average Bonchev–Trinajstić information content (AvgIpc) is 2.96. The van der Waals surface area contributed by atoms with Crippen LogP contribution < -0.4 is 0 Å². The van der Waals surface area contributed by atoms with Crippen molar-refractivity contribution in [3.63, 3.8) is 0 Å². The van der Waals surface area contributed by atoms with E-state index in [4.69, 9.17) is 23.2 Å². The van der Waals surface area contributed by atoms with Gasteiger partial charge in [-0.3, -0.25) is 4.79 Å². The molecule has 0 radical (unpaired) electrons. The van der Waals surface area contributed by atoms with E-state index < -0.39 is 5.38 Å². The molecule has 1 atom stereocenters. The standard InChI is InChI=1S/C16H10BrCl2N3O/c17-13-9-12(15(23)14(19)10-5-2-1-3-6-10)22(21-13)16-11(18)7-4-8-20-16/h1-9,14H. The molecule has 0 bridgehead atoms. The molecule has 1 unspecified atom stereocenters. The van der Waals surface area contributed by atoms with Crippen LogP contribution in [0.2, 0.25) is 5.02 Å². The first-order valence-corrected chi connectivity index (χ1v) is 8.28. The third kappa shape index (κ3) is 3.32. The molecule has 0 amide bonds. The van der Waals surface area contributed by atoms with Gasteiger partial charge in [0.25, 0.3) is 0 Å². The first-order valence-electron chi connectivity index (χ1n) is 6.67. The molecule has 0 aliphatic rings. The van der Waals surface area contributed by atoms with Crippen molar-refractivity contribution in [2.75, 3.05) is 0 Å². The number of nitrogens with zero attached hydrogens (tertiary/aromatic N) is 3. The summed E-state index contributed by atoms with van der Waals surface area (Å²) in [5.74, 6) is 0.0953. The molecule has 0 aliphatic heterocycles. The Hall–Kier alpha value is -1.69. The molecule has 0 spiro atoms. The van der Waals surface area contributed by atoms with Crippen LogP contribution in [0.5, 0.6) is 0 Å². The molecule has 116 valence electrons. The van der Waals surface area contributed by atoms with Crippen LogP contribution >= 0.6 is 39.1 Å². The van der Waals surface area contributed by atoms with Gasteiger partial charge in [-0.1, -0.05) is 41.9 Å². The Morgan fingerprint density at radius 3 is 2.61 bits per heavy atom. The Balaban J connectivity index is 2.04. The van der Waals surface area contributed by atoms with Crippen LogP contribution in [0.25, 0.3) is 5.82 Å². The van der Waals surface area contributed by atoms with Crippen LogP contribution in [0, 0.1) is 0 Å². The van der Waals surface area contributed by atoms with E-state index >= 15 is 0 Å². The molecule has 3 rings (SSSR count). The highest BCUT2D eigenvalue weighted by molar-refractivity contribution is 9.10. The second-order valence-electron chi connectivity index (χ2n) is 4.71. The van der Waals surface area contributed by atoms with Crippen molar-refractivity contribution in [1.82, 2.24) is 14.8 Å². The highest BCUT2D eigenvalue weighted by atomic mass is 79.9. The highest BCUT2D eigenvalue weighted by Gasteiger charge is 2.25. The molecule has 2 aromatic heterocycles. The number of alkyl halides is 1. The Morgan fingerprint density at radius 1 is 1.17 bits per heavy atom. The molecule has 0 N–H and O–H groups in total. The summed E-state index contributed by atoms with van der Waals surface area (Å²) in [6.07, 6.45) is 1.58. The first-order chi connectivity index (χ1) is 11.1. The fourth-order valence-corrected chi connectivity index (χ4v) is 2.96. The third-order valence-electron chi connectivity index (χ3n) is 3.19. The van der Waals surface area contributed by atoms with Crippen molar-refractivity contribution in [2.24, 2.45) is 0 Å². The summed E-state index contributed by atoms with van der Waals surface area (Å²) in [6.45, 7) is 0. The van der Waals surface area contributed by atoms with Gasteiger partial charge < -0.3 is 0 Å². The Kier molecular flexibility index (Phi) is 4.80. The van der Waals surface area contributed by atoms with E-state index in [1.807, 2.05) is 18.2 Å². The second-order valence-corrected chi connectivity index (χ2v) is 6.37. The first kappa shape index (κ1) is 16.2. The topological polar surface area (TPSA) is 47.8 Å². The van der Waals surface area contributed by atoms with E-state index in [2.05, 4.69) is 26.0 Å². The van der Waals surface area contributed by atoms with Crippen LogP contribution in [0.1, 0.15) is 21.4 Å². The van der Waals surface area contributed by atoms with Crippen LogP contribution in [0.4, 0.5) is 0 Å². The minimum Gasteiger partial charge on any atom is -0.290 e. The number of hydrogen-bond acceptors (Lipinski definition) is 3. The van der Waals surface area contributed by atoms with Crippen LogP contribution in [0.15, 0.2) is 59.3 Å². The number of hydrogen-bond donors (Lipinski definition) is 0. The predicted octanol–water partition coefficient (Wildman–Crippen LogP) is 4.85. The molecular weight excluding hydrogens is 401 g/mol. The van der Waals surface area contributed by atoms with Crippen molar-refractivity contribution in [1.29, 1.82) is 0 Å². The van der Waals surface area contributed by atoms with Gasteiger partial charge in [0, 0.05) is 12.3 Å². The van der Waals surface area contributed by atoms with E-state index in [9.17, 15) is 4.79 Å². The van der Waals surface area contributed by atoms with Crippen molar-refractivity contribution < 1.29 is 4.79 Å². The van der Waals surface area contributed by atoms with E-state index in [1.165, 1.54) is 4.68 Å². The zero-order valence-corrected chi connectivity index (χ0v) is 14.8. The maximum absolute atomic E-state index is 12.8. The molecular formula is C16H10BrCl2N3O. The van der Waals surface area contributed by atoms with Gasteiger partial charge in [-0.2, -0.15) is 5.10 Å². The summed E-state index contributed by atoms with van der Waals surface area (Å²) in [4.78, 5) is 17.0. The van der Waals surface area contributed by atoms with Gasteiger partial charge >= 0.3 is 0 Å². The molecule has 0 aliphatic carbocycles. The Labute approximate surface area is 151 Å². The van der Waals surface area contributed by atoms with Gasteiger partial charge in [0.2, 0.25) is 5.78 Å². The number of carbonyl (C=O) groups is 1. The highest BCUT2D eigenvalue weighted by Crippen LogP contribution is 2.28. The molecule has 0 saturated carbocycles. The molecule has 0 saturated heterocycles. The van der Waals surface area contributed by atoms with Crippen molar-refractivity contribution >= 4 is 44.9 Å². The van der Waals surface area contributed by atoms with Crippen molar-refractivity contribution in [3.05, 3.63) is 75.6 Å². The minimum absolute atomic E-state index is 0.280. The zero-order valence-electron chi connectivity index (χ0n) is 11.7. The summed E-state index contributed by atoms with van der Waals surface area (Å²) in [6, 6.07) is 14.1. The average molecular weight is 411 g/mol. The zero-order chi connectivity index (χ0) is 16.4. The second kappa shape index (κ2) is 6.83. The molecule has 7 heteroatoms. The van der Waals surface area contributed by atoms with E-state index in [0.29, 0.717) is 21.1 Å². The number of carbonyl (C=O) groups excluding carboxylic acids is 1. The summed E-state index contributed by atoms with van der Waals surface area (Å²) in [7, 11) is 0. The van der Waals surface area contributed by atoms with Gasteiger partial charge in [-0.25, -0.2) is 9.67 Å². The molecule has 3 aromatic rings. The number of pyridine rings is 1. The van der Waals surface area contributed by atoms with Crippen LogP contribution in [-0.4, -0.2) is 20.5 Å². The minimum atomic E-state index is -0.818. The number of halogens is 3. The Morgan fingerprint density at radius 2 is 1.91 bits per heavy atom. The van der Waals surface area contributed by atoms with Crippen LogP contribution in [-0.2, 0) is 0 Å². The number of ketones is 1. The monoisotopic (exact) mass is 409 g/mol. The SMILES string of the molecule is O=C(c1cc(Br)nn1-c1ncccc1Cl)C(Cl)c1ccccc1. The molecule has 23 heavy (non-hydrogen) atoms. The van der Waals surface area contributed by atoms with Crippen molar-refractivity contribution in [3.8, 4) is 5.82 Å². The van der Waals surface area contributed by atoms with E-state index in [0.717, 1.165) is 5.56 Å². The third-order valence-corrected chi connectivity index (χ3v) is 4.33. The predicted molar refractivity (Wildman–Crippen MR) is 93.4 cm³/mol. The smallest absolute Gasteiger partial charge is 0.203 e. The summed E-state index contributed by atoms with van der Waals surface area (Å²) < 4.78 is 1.90. The fraction of sp³-hybridized carbons (Fsp3) is 0.0625. The molecule has 2 heterocycles. The molecule has 1 aromatic carbocycles. The molecule has 0 fully saturated rings. The fourth-order valence-electron chi connectivity index (χ4n) is 2.13. The van der Waals surface area contributed by atoms with Gasteiger partial charge in [-0.05, 0) is 33.6 Å². The van der Waals surface area contributed by atoms with E-state index in [1.54, 1.807) is 36.5 Å². The van der Waals surface area contributed by atoms with Gasteiger partial charge in [0.1, 0.15) is 15.7 Å². The quantitative estimate of drug-likeness (QED) is 0.456. The van der Waals surface area contributed by atoms with Crippen LogP contribution in [0.3, 0.4) is 0 Å². The number of rotatable bonds is 4. The van der Waals surface area contributed by atoms with Gasteiger partial charge in [0.15, 0.2) is 5.82 Å². The lowest BCUT2D eigenvalue weighted by Gasteiger charge is -2.11. The molecule has 4 nitrogen and oxygen atoms in total. The van der Waals surface area contributed by atoms with E-state index in [-0.39, 0.29) is 5.78 Å². The lowest BCUT2D eigenvalue weighted by Crippen LogP contribution is -2.14. The summed E-state index contributed by atoms with van der Waals surface area (Å²) >= 11 is 15.8. The Bertz CT molecular complexity index is 852. The summed E-state index contributed by atoms with van der Waals surface area (Å²) in [5, 5.41) is 3.82. The summed E-state index contributed by atoms with van der Waals surface area (Å²) in [5.41, 5.74) is 1.02. The van der Waals surface area contributed by atoms with Crippen molar-refractivity contribution in [2.45, 2.75) is 5.38 Å². The number of aromatic nitrogens is 3. The van der Waals surface area contributed by atoms with Gasteiger partial charge in [0.05, 0.1) is 5.02 Å². The number of Topliss-reactive ketones (excluding diaryl/α,β-unsaturated/α-hetero) is 1. The lowest BCUT2D eigenvalue weighted by atomic mass is 10.1. The normalized spacial score (nSPS) is 12.1. The maximum atomic E-state index is 12.8. The maximum Gasteiger partial charge on any atom is 0.203 e. The lowest BCUT2D eigenvalue weighted by molar-refractivity contribution is 0.0979. The number of benzene rings is 1.